The highest BCUT2D eigenvalue weighted by Crippen LogP contribution is 2.34. The molecule has 0 spiro atoms. The predicted molar refractivity (Wildman–Crippen MR) is 179 cm³/mol. The minimum atomic E-state index is -0.0553. The summed E-state index contributed by atoms with van der Waals surface area (Å²) in [6, 6.07) is 28.6. The molecule has 1 fully saturated rings. The van der Waals surface area contributed by atoms with E-state index in [0.29, 0.717) is 26.4 Å². The molecule has 8 nitrogen and oxygen atoms in total. The van der Waals surface area contributed by atoms with Gasteiger partial charge in [0.1, 0.15) is 30.6 Å². The Kier molecular flexibility index (Phi) is 12.7. The number of benzene rings is 4. The van der Waals surface area contributed by atoms with Crippen molar-refractivity contribution < 1.29 is 33.2 Å². The van der Waals surface area contributed by atoms with Gasteiger partial charge in [0, 0.05) is 49.4 Å². The van der Waals surface area contributed by atoms with Crippen LogP contribution in [0.1, 0.15) is 29.0 Å². The summed E-state index contributed by atoms with van der Waals surface area (Å²) in [6.07, 6.45) is 4.68. The van der Waals surface area contributed by atoms with Crippen LogP contribution in [0.5, 0.6) is 17.2 Å². The maximum atomic E-state index is 6.12. The molecule has 46 heavy (non-hydrogen) atoms. The summed E-state index contributed by atoms with van der Waals surface area (Å²) in [4.78, 5) is 0. The van der Waals surface area contributed by atoms with Gasteiger partial charge in [0.05, 0.1) is 46.4 Å². The van der Waals surface area contributed by atoms with Crippen LogP contribution in [-0.4, -0.2) is 60.5 Å². The molecule has 0 amide bonds. The van der Waals surface area contributed by atoms with Crippen LogP contribution in [-0.2, 0) is 32.2 Å². The van der Waals surface area contributed by atoms with Crippen molar-refractivity contribution in [1.29, 1.82) is 0 Å². The Balaban J connectivity index is 1.15. The third kappa shape index (κ3) is 9.01. The van der Waals surface area contributed by atoms with E-state index in [1.54, 1.807) is 21.3 Å². The number of nitrogens with one attached hydrogen (secondary N) is 1. The molecule has 0 aliphatic carbocycles. The largest absolute Gasteiger partial charge is 0.497 e. The highest BCUT2D eigenvalue weighted by molar-refractivity contribution is 5.89. The highest BCUT2D eigenvalue weighted by atomic mass is 16.7. The average Bonchev–Trinajstić information content (AvgIpc) is 3.10. The SMILES string of the molecule is COCO[C@@H]1CNCC(/C=C/OCc2cc(OC)c3ccccc3c2)[C@H]1c1ccc(OCCCOCc2ccccc2OC)cc1. The number of ether oxygens (including phenoxy) is 7. The molecule has 1 N–H and O–H groups in total. The van der Waals surface area contributed by atoms with Crippen LogP contribution in [0.15, 0.2) is 97.3 Å². The molecule has 1 heterocycles. The third-order valence-corrected chi connectivity index (χ3v) is 8.18. The zero-order chi connectivity index (χ0) is 32.0. The van der Waals surface area contributed by atoms with Crippen LogP contribution in [0, 0.1) is 5.92 Å². The lowest BCUT2D eigenvalue weighted by Crippen LogP contribution is -2.46. The van der Waals surface area contributed by atoms with Crippen molar-refractivity contribution in [3.63, 3.8) is 0 Å². The minimum Gasteiger partial charge on any atom is -0.497 e. The number of hydrogen-bond acceptors (Lipinski definition) is 8. The first-order valence-corrected chi connectivity index (χ1v) is 15.8. The molecule has 0 bridgehead atoms. The van der Waals surface area contributed by atoms with Crippen molar-refractivity contribution >= 4 is 10.8 Å². The van der Waals surface area contributed by atoms with Gasteiger partial charge in [-0.3, -0.25) is 0 Å². The molecule has 1 aliphatic rings. The van der Waals surface area contributed by atoms with Crippen molar-refractivity contribution in [2.45, 2.75) is 31.7 Å². The fourth-order valence-corrected chi connectivity index (χ4v) is 5.92. The van der Waals surface area contributed by atoms with Crippen LogP contribution in [0.4, 0.5) is 0 Å². The molecule has 244 valence electrons. The van der Waals surface area contributed by atoms with E-state index < -0.39 is 0 Å². The Hall–Kier alpha value is -4.08. The van der Waals surface area contributed by atoms with Gasteiger partial charge in [-0.05, 0) is 52.9 Å². The second kappa shape index (κ2) is 17.6. The van der Waals surface area contributed by atoms with Crippen molar-refractivity contribution in [2.75, 3.05) is 54.4 Å². The first-order valence-electron chi connectivity index (χ1n) is 15.8. The molecule has 3 atom stereocenters. The van der Waals surface area contributed by atoms with Gasteiger partial charge in [-0.1, -0.05) is 54.6 Å². The lowest BCUT2D eigenvalue weighted by Gasteiger charge is -2.37. The molecule has 1 saturated heterocycles. The quantitative estimate of drug-likeness (QED) is 0.0773. The van der Waals surface area contributed by atoms with Gasteiger partial charge in [0.15, 0.2) is 0 Å². The van der Waals surface area contributed by atoms with Crippen molar-refractivity contribution in [3.05, 3.63) is 114 Å². The maximum Gasteiger partial charge on any atom is 0.146 e. The molecule has 0 aromatic heterocycles. The number of methoxy groups -OCH3 is 3. The van der Waals surface area contributed by atoms with Gasteiger partial charge >= 0.3 is 0 Å². The summed E-state index contributed by atoms with van der Waals surface area (Å²) in [6.45, 7) is 3.93. The Morgan fingerprint density at radius 2 is 1.61 bits per heavy atom. The van der Waals surface area contributed by atoms with Gasteiger partial charge in [0.25, 0.3) is 0 Å². The fourth-order valence-electron chi connectivity index (χ4n) is 5.92. The Bertz CT molecular complexity index is 1520. The molecule has 0 radical (unpaired) electrons. The minimum absolute atomic E-state index is 0.0553. The topological polar surface area (TPSA) is 76.6 Å². The Morgan fingerprint density at radius 1 is 0.804 bits per heavy atom. The van der Waals surface area contributed by atoms with Gasteiger partial charge < -0.3 is 38.5 Å². The van der Waals surface area contributed by atoms with Crippen molar-refractivity contribution in [3.8, 4) is 17.2 Å². The van der Waals surface area contributed by atoms with Crippen LogP contribution >= 0.6 is 0 Å². The number of rotatable bonds is 17. The summed E-state index contributed by atoms with van der Waals surface area (Å²) in [5.41, 5.74) is 3.28. The van der Waals surface area contributed by atoms with Gasteiger partial charge in [-0.15, -0.1) is 0 Å². The molecule has 5 rings (SSSR count). The van der Waals surface area contributed by atoms with Crippen molar-refractivity contribution in [2.24, 2.45) is 5.92 Å². The first-order chi connectivity index (χ1) is 22.7. The number of para-hydroxylation sites is 1. The van der Waals surface area contributed by atoms with E-state index in [0.717, 1.165) is 58.7 Å². The number of hydrogen-bond donors (Lipinski definition) is 1. The lowest BCUT2D eigenvalue weighted by molar-refractivity contribution is -0.0892. The zero-order valence-electron chi connectivity index (χ0n) is 27.0. The maximum absolute atomic E-state index is 6.12. The monoisotopic (exact) mass is 627 g/mol. The predicted octanol–water partition coefficient (Wildman–Crippen LogP) is 6.87. The summed E-state index contributed by atoms with van der Waals surface area (Å²) >= 11 is 0. The second-order valence-electron chi connectivity index (χ2n) is 11.3. The van der Waals surface area contributed by atoms with E-state index in [1.165, 1.54) is 5.56 Å². The zero-order valence-corrected chi connectivity index (χ0v) is 27.0. The van der Waals surface area contributed by atoms with E-state index in [1.807, 2.05) is 60.9 Å². The third-order valence-electron chi connectivity index (χ3n) is 8.18. The average molecular weight is 628 g/mol. The van der Waals surface area contributed by atoms with E-state index in [9.17, 15) is 0 Å². The Labute approximate surface area is 272 Å². The normalized spacial score (nSPS) is 18.1. The molecule has 4 aromatic carbocycles. The standard InChI is InChI=1S/C38H45NO7/c1-40-27-46-37-24-39-23-31(17-20-44-25-28-21-30-9-4-6-11-34(30)36(22-28)42-3)38(37)29-13-15-33(16-14-29)45-19-8-18-43-26-32-10-5-7-12-35(32)41-2/h4-7,9-17,20-22,31,37-39H,8,18-19,23-27H2,1-3H3/b20-17+/t31?,37-,38-/m1/s1. The molecule has 8 heteroatoms. The summed E-state index contributed by atoms with van der Waals surface area (Å²) < 4.78 is 40.3. The van der Waals surface area contributed by atoms with Crippen LogP contribution in [0.25, 0.3) is 10.8 Å². The van der Waals surface area contributed by atoms with Gasteiger partial charge in [-0.25, -0.2) is 0 Å². The van der Waals surface area contributed by atoms with Crippen molar-refractivity contribution in [1.82, 2.24) is 5.32 Å². The summed E-state index contributed by atoms with van der Waals surface area (Å²) in [5.74, 6) is 2.80. The van der Waals surface area contributed by atoms with Crippen LogP contribution in [0.3, 0.4) is 0 Å². The van der Waals surface area contributed by atoms with E-state index >= 15 is 0 Å². The molecule has 1 aliphatic heterocycles. The number of piperidine rings is 1. The fraction of sp³-hybridized carbons (Fsp3) is 0.368. The second-order valence-corrected chi connectivity index (χ2v) is 11.3. The smallest absolute Gasteiger partial charge is 0.146 e. The lowest BCUT2D eigenvalue weighted by atomic mass is 9.79. The Morgan fingerprint density at radius 3 is 2.43 bits per heavy atom. The van der Waals surface area contributed by atoms with Crippen LogP contribution in [0.2, 0.25) is 0 Å². The summed E-state index contributed by atoms with van der Waals surface area (Å²) in [7, 11) is 5.02. The first kappa shape index (κ1) is 33.3. The molecule has 4 aromatic rings. The number of fused-ring (bicyclic) bond motifs is 1. The van der Waals surface area contributed by atoms with Gasteiger partial charge in [0.2, 0.25) is 0 Å². The van der Waals surface area contributed by atoms with Crippen LogP contribution < -0.4 is 19.5 Å². The molecular weight excluding hydrogens is 582 g/mol. The van der Waals surface area contributed by atoms with E-state index in [2.05, 4.69) is 41.7 Å². The van der Waals surface area contributed by atoms with Gasteiger partial charge in [-0.2, -0.15) is 0 Å². The summed E-state index contributed by atoms with van der Waals surface area (Å²) in [5, 5.41) is 5.73. The molecular formula is C38H45NO7. The van der Waals surface area contributed by atoms with E-state index in [-0.39, 0.29) is 24.7 Å². The molecule has 0 saturated carbocycles. The highest BCUT2D eigenvalue weighted by Gasteiger charge is 2.34. The molecule has 1 unspecified atom stereocenters. The van der Waals surface area contributed by atoms with E-state index in [4.69, 9.17) is 33.2 Å².